The number of rotatable bonds is 6. The average Bonchev–Trinajstić information content (AvgIpc) is 2.66. The molecule has 0 N–H and O–H groups in total. The molecule has 8 heteroatoms. The summed E-state index contributed by atoms with van der Waals surface area (Å²) in [4.78, 5) is 38.2. The van der Waals surface area contributed by atoms with E-state index in [9.17, 15) is 14.4 Å². The number of benzene rings is 1. The summed E-state index contributed by atoms with van der Waals surface area (Å²) in [6, 6.07) is 3.07. The highest BCUT2D eigenvalue weighted by Gasteiger charge is 2.35. The molecule has 1 saturated heterocycles. The van der Waals surface area contributed by atoms with Crippen LogP contribution < -0.4 is 14.2 Å². The van der Waals surface area contributed by atoms with Gasteiger partial charge >= 0.3 is 5.97 Å². The largest absolute Gasteiger partial charge is 0.493 e. The van der Waals surface area contributed by atoms with Gasteiger partial charge in [0.2, 0.25) is 5.75 Å². The second-order valence-electron chi connectivity index (χ2n) is 5.70. The molecule has 1 aliphatic rings. The molecular weight excluding hydrogens is 342 g/mol. The van der Waals surface area contributed by atoms with Crippen LogP contribution in [0.2, 0.25) is 0 Å². The van der Waals surface area contributed by atoms with Crippen molar-refractivity contribution < 1.29 is 33.3 Å². The molecule has 1 aromatic rings. The molecule has 1 amide bonds. The van der Waals surface area contributed by atoms with Crippen LogP contribution in [0.5, 0.6) is 17.2 Å². The van der Waals surface area contributed by atoms with Crippen molar-refractivity contribution in [2.24, 2.45) is 5.92 Å². The topological polar surface area (TPSA) is 91.4 Å². The molecule has 1 heterocycles. The van der Waals surface area contributed by atoms with Crippen molar-refractivity contribution >= 4 is 17.7 Å². The number of ketones is 1. The molecule has 0 aliphatic carbocycles. The zero-order valence-electron chi connectivity index (χ0n) is 15.4. The molecule has 8 nitrogen and oxygen atoms in total. The van der Waals surface area contributed by atoms with Gasteiger partial charge in [-0.25, -0.2) is 0 Å². The number of hydrogen-bond acceptors (Lipinski definition) is 7. The maximum atomic E-state index is 12.8. The van der Waals surface area contributed by atoms with E-state index in [1.54, 1.807) is 6.92 Å². The van der Waals surface area contributed by atoms with Crippen LogP contribution in [0.15, 0.2) is 12.1 Å². The minimum Gasteiger partial charge on any atom is -0.493 e. The number of carbonyl (C=O) groups is 3. The van der Waals surface area contributed by atoms with Crippen LogP contribution in [0.1, 0.15) is 23.7 Å². The lowest BCUT2D eigenvalue weighted by molar-refractivity contribution is -0.153. The van der Waals surface area contributed by atoms with E-state index < -0.39 is 11.9 Å². The second-order valence-corrected chi connectivity index (χ2v) is 5.70. The number of ether oxygens (including phenoxy) is 4. The highest BCUT2D eigenvalue weighted by molar-refractivity contribution is 6.04. The van der Waals surface area contributed by atoms with Gasteiger partial charge in [-0.2, -0.15) is 0 Å². The SMILES string of the molecule is CCOC(=O)C1CCN(C(=O)c2cc(OC)c(OC)c(OC)c2)CC1=O. The monoisotopic (exact) mass is 365 g/mol. The summed E-state index contributed by atoms with van der Waals surface area (Å²) in [5.41, 5.74) is 0.307. The molecule has 1 unspecified atom stereocenters. The van der Waals surface area contributed by atoms with Gasteiger partial charge in [0, 0.05) is 12.1 Å². The summed E-state index contributed by atoms with van der Waals surface area (Å²) >= 11 is 0. The first-order valence-electron chi connectivity index (χ1n) is 8.25. The number of nitrogens with zero attached hydrogens (tertiary/aromatic N) is 1. The minimum absolute atomic E-state index is 0.140. The Kier molecular flexibility index (Phi) is 6.43. The summed E-state index contributed by atoms with van der Waals surface area (Å²) < 4.78 is 20.6. The van der Waals surface area contributed by atoms with Gasteiger partial charge in [0.25, 0.3) is 5.91 Å². The summed E-state index contributed by atoms with van der Waals surface area (Å²) in [7, 11) is 4.39. The van der Waals surface area contributed by atoms with E-state index in [0.717, 1.165) is 0 Å². The van der Waals surface area contributed by atoms with Gasteiger partial charge in [-0.3, -0.25) is 14.4 Å². The number of likely N-dealkylation sites (tertiary alicyclic amines) is 1. The molecule has 1 aromatic carbocycles. The minimum atomic E-state index is -0.807. The number of amides is 1. The highest BCUT2D eigenvalue weighted by Crippen LogP contribution is 2.38. The molecule has 0 spiro atoms. The van der Waals surface area contributed by atoms with Gasteiger partial charge in [0.05, 0.1) is 34.5 Å². The molecule has 0 aromatic heterocycles. The first-order chi connectivity index (χ1) is 12.5. The Labute approximate surface area is 152 Å². The van der Waals surface area contributed by atoms with Crippen LogP contribution in [0, 0.1) is 5.92 Å². The van der Waals surface area contributed by atoms with Crippen LogP contribution in [0.4, 0.5) is 0 Å². The normalized spacial score (nSPS) is 16.8. The molecule has 1 fully saturated rings. The average molecular weight is 365 g/mol. The summed E-state index contributed by atoms with van der Waals surface area (Å²) in [5, 5.41) is 0. The van der Waals surface area contributed by atoms with E-state index in [-0.39, 0.29) is 37.8 Å². The third-order valence-electron chi connectivity index (χ3n) is 4.19. The summed E-state index contributed by atoms with van der Waals surface area (Å²) in [6.45, 7) is 2.05. The Hall–Kier alpha value is -2.77. The Morgan fingerprint density at radius 2 is 1.73 bits per heavy atom. The van der Waals surface area contributed by atoms with Gasteiger partial charge in [-0.15, -0.1) is 0 Å². The molecule has 1 aliphatic heterocycles. The number of methoxy groups -OCH3 is 3. The van der Waals surface area contributed by atoms with Gasteiger partial charge in [-0.1, -0.05) is 0 Å². The Morgan fingerprint density at radius 1 is 1.12 bits per heavy atom. The predicted molar refractivity (Wildman–Crippen MR) is 91.7 cm³/mol. The van der Waals surface area contributed by atoms with Crippen molar-refractivity contribution in [3.05, 3.63) is 17.7 Å². The lowest BCUT2D eigenvalue weighted by Crippen LogP contribution is -2.46. The summed E-state index contributed by atoms with van der Waals surface area (Å²) in [6.07, 6.45) is 0.244. The lowest BCUT2D eigenvalue weighted by atomic mass is 9.95. The fraction of sp³-hybridized carbons (Fsp3) is 0.500. The van der Waals surface area contributed by atoms with Crippen molar-refractivity contribution in [2.75, 3.05) is 41.0 Å². The van der Waals surface area contributed by atoms with Gasteiger partial charge in [-0.05, 0) is 25.5 Å². The predicted octanol–water partition coefficient (Wildman–Crippen LogP) is 1.31. The van der Waals surface area contributed by atoms with Crippen molar-refractivity contribution in [3.8, 4) is 17.2 Å². The van der Waals surface area contributed by atoms with E-state index in [4.69, 9.17) is 18.9 Å². The molecule has 26 heavy (non-hydrogen) atoms. The number of Topliss-reactive ketones (excluding diaryl/α,β-unsaturated/α-hetero) is 1. The van der Waals surface area contributed by atoms with Crippen molar-refractivity contribution in [1.82, 2.24) is 4.90 Å². The fourth-order valence-electron chi connectivity index (χ4n) is 2.88. The standard InChI is InChI=1S/C18H23NO7/c1-5-26-18(22)12-6-7-19(10-13(12)20)17(21)11-8-14(23-2)16(25-4)15(9-11)24-3/h8-9,12H,5-7,10H2,1-4H3. The molecule has 0 radical (unpaired) electrons. The van der Waals surface area contributed by atoms with Crippen LogP contribution in [-0.2, 0) is 14.3 Å². The summed E-state index contributed by atoms with van der Waals surface area (Å²) in [5.74, 6) is -0.929. The van der Waals surface area contributed by atoms with Crippen molar-refractivity contribution in [1.29, 1.82) is 0 Å². The van der Waals surface area contributed by atoms with Gasteiger partial charge in [0.1, 0.15) is 5.92 Å². The highest BCUT2D eigenvalue weighted by atomic mass is 16.5. The fourth-order valence-corrected chi connectivity index (χ4v) is 2.88. The van der Waals surface area contributed by atoms with Gasteiger partial charge < -0.3 is 23.8 Å². The Morgan fingerprint density at radius 3 is 2.19 bits per heavy atom. The number of carbonyl (C=O) groups excluding carboxylic acids is 3. The van der Waals surface area contributed by atoms with Gasteiger partial charge in [0.15, 0.2) is 17.3 Å². The van der Waals surface area contributed by atoms with E-state index >= 15 is 0 Å². The molecule has 0 saturated carbocycles. The van der Waals surface area contributed by atoms with Crippen LogP contribution in [-0.4, -0.2) is 63.6 Å². The van der Waals surface area contributed by atoms with Crippen LogP contribution >= 0.6 is 0 Å². The third-order valence-corrected chi connectivity index (χ3v) is 4.19. The number of piperidine rings is 1. The van der Waals surface area contributed by atoms with E-state index in [1.165, 1.54) is 38.4 Å². The first kappa shape index (κ1) is 19.6. The molecule has 2 rings (SSSR count). The number of hydrogen-bond donors (Lipinski definition) is 0. The van der Waals surface area contributed by atoms with Crippen molar-refractivity contribution in [2.45, 2.75) is 13.3 Å². The first-order valence-corrected chi connectivity index (χ1v) is 8.25. The second kappa shape index (κ2) is 8.55. The molecule has 1 atom stereocenters. The lowest BCUT2D eigenvalue weighted by Gasteiger charge is -2.30. The van der Waals surface area contributed by atoms with E-state index in [1.807, 2.05) is 0 Å². The molecular formula is C18H23NO7. The van der Waals surface area contributed by atoms with Crippen molar-refractivity contribution in [3.63, 3.8) is 0 Å². The maximum absolute atomic E-state index is 12.8. The van der Waals surface area contributed by atoms with E-state index in [2.05, 4.69) is 0 Å². The van der Waals surface area contributed by atoms with Crippen LogP contribution in [0.25, 0.3) is 0 Å². The third kappa shape index (κ3) is 3.89. The zero-order chi connectivity index (χ0) is 19.3. The Balaban J connectivity index is 2.20. The van der Waals surface area contributed by atoms with E-state index in [0.29, 0.717) is 22.8 Å². The zero-order valence-corrected chi connectivity index (χ0v) is 15.4. The van der Waals surface area contributed by atoms with Crippen LogP contribution in [0.3, 0.4) is 0 Å². The quantitative estimate of drug-likeness (QED) is 0.554. The smallest absolute Gasteiger partial charge is 0.316 e. The maximum Gasteiger partial charge on any atom is 0.316 e. The molecule has 0 bridgehead atoms. The number of esters is 1. The Bertz CT molecular complexity index is 676. The molecule has 142 valence electrons.